The maximum atomic E-state index is 10.8. The predicted octanol–water partition coefficient (Wildman–Crippen LogP) is 11.4. The van der Waals surface area contributed by atoms with Crippen LogP contribution >= 0.6 is 0 Å². The molecule has 6 heteroatoms. The molecule has 9 rings (SSSR count). The van der Waals surface area contributed by atoms with Crippen molar-refractivity contribution in [3.63, 3.8) is 0 Å². The molecule has 0 unspecified atom stereocenters. The Morgan fingerprint density at radius 2 is 1.28 bits per heavy atom. The summed E-state index contributed by atoms with van der Waals surface area (Å²) in [5, 5.41) is 15.3. The number of aromatic nitrogens is 5. The molecule has 0 radical (unpaired) electrons. The van der Waals surface area contributed by atoms with Gasteiger partial charge in [0, 0.05) is 38.4 Å². The van der Waals surface area contributed by atoms with Crippen LogP contribution in [0, 0.1) is 11.3 Å². The number of hydrogen-bond acceptors (Lipinski definition) is 4. The summed E-state index contributed by atoms with van der Waals surface area (Å²) in [5.74, 6) is 1.62. The summed E-state index contributed by atoms with van der Waals surface area (Å²) in [6.07, 6.45) is 7.46. The minimum absolute atomic E-state index is 0.493. The summed E-state index contributed by atoms with van der Waals surface area (Å²) in [6, 6.07) is 50.2. The summed E-state index contributed by atoms with van der Waals surface area (Å²) in [7, 11) is 0. The van der Waals surface area contributed by atoms with E-state index >= 15 is 0 Å². The number of rotatable bonds is 7. The van der Waals surface area contributed by atoms with Crippen LogP contribution in [0.1, 0.15) is 18.3 Å². The van der Waals surface area contributed by atoms with Crippen molar-refractivity contribution in [2.75, 3.05) is 0 Å². The Labute approximate surface area is 306 Å². The van der Waals surface area contributed by atoms with Crippen molar-refractivity contribution < 1.29 is 0 Å². The van der Waals surface area contributed by atoms with Crippen molar-refractivity contribution >= 4 is 49.2 Å². The van der Waals surface area contributed by atoms with E-state index in [9.17, 15) is 5.26 Å². The molecule has 0 spiro atoms. The highest BCUT2D eigenvalue weighted by Crippen LogP contribution is 2.42. The van der Waals surface area contributed by atoms with Gasteiger partial charge in [0.1, 0.15) is 6.07 Å². The zero-order valence-electron chi connectivity index (χ0n) is 29.0. The number of para-hydroxylation sites is 3. The van der Waals surface area contributed by atoms with Crippen LogP contribution < -0.4 is 0 Å². The zero-order valence-corrected chi connectivity index (χ0v) is 29.0. The van der Waals surface area contributed by atoms with E-state index in [1.807, 2.05) is 79.7 Å². The van der Waals surface area contributed by atoms with E-state index in [-0.39, 0.29) is 0 Å². The largest absolute Gasteiger partial charge is 0.309 e. The van der Waals surface area contributed by atoms with Crippen molar-refractivity contribution in [2.45, 2.75) is 6.92 Å². The first-order valence-corrected chi connectivity index (χ1v) is 17.5. The minimum Gasteiger partial charge on any atom is -0.309 e. The summed E-state index contributed by atoms with van der Waals surface area (Å²) >= 11 is 0. The lowest BCUT2D eigenvalue weighted by Crippen LogP contribution is -2.03. The lowest BCUT2D eigenvalue weighted by molar-refractivity contribution is 1.03. The third-order valence-electron chi connectivity index (χ3n) is 9.71. The molecule has 0 amide bonds. The maximum absolute atomic E-state index is 10.8. The van der Waals surface area contributed by atoms with E-state index in [0.717, 1.165) is 71.7 Å². The van der Waals surface area contributed by atoms with Crippen LogP contribution in [0.2, 0.25) is 0 Å². The van der Waals surface area contributed by atoms with Crippen molar-refractivity contribution in [3.05, 3.63) is 182 Å². The molecule has 0 aliphatic carbocycles. The zero-order chi connectivity index (χ0) is 35.9. The predicted molar refractivity (Wildman–Crippen MR) is 217 cm³/mol. The lowest BCUT2D eigenvalue weighted by atomic mass is 10.1. The molecular weight excluding hydrogens is 649 g/mol. The van der Waals surface area contributed by atoms with Crippen molar-refractivity contribution in [2.24, 2.45) is 0 Å². The smallest absolute Gasteiger partial charge is 0.164 e. The van der Waals surface area contributed by atoms with Gasteiger partial charge >= 0.3 is 0 Å². The molecule has 0 aliphatic rings. The van der Waals surface area contributed by atoms with Gasteiger partial charge in [0.25, 0.3) is 0 Å². The van der Waals surface area contributed by atoms with Crippen LogP contribution in [-0.4, -0.2) is 24.1 Å². The fourth-order valence-electron chi connectivity index (χ4n) is 7.32. The standard InChI is InChI=1S/C47H32N6/c1-3-4-7-16-31(2)45-49-46(32-17-8-5-9-18-32)51-47(50-45)33-25-27-39(34(29-33)30-48)53-40-23-14-12-21-36(40)37-26-28-42-43(44(37)53)38-22-13-15-24-41(38)52(42)35-19-10-6-11-20-35/h3-29H,1H2,2H3/b7-4-,31-16+. The molecule has 6 aromatic carbocycles. The van der Waals surface area contributed by atoms with E-state index in [2.05, 4.69) is 107 Å². The summed E-state index contributed by atoms with van der Waals surface area (Å²) in [6.45, 7) is 5.74. The number of benzene rings is 6. The maximum Gasteiger partial charge on any atom is 0.164 e. The fraction of sp³-hybridized carbons (Fsp3) is 0.0213. The van der Waals surface area contributed by atoms with Gasteiger partial charge in [-0.15, -0.1) is 0 Å². The Bertz CT molecular complexity index is 2980. The second kappa shape index (κ2) is 13.1. The molecule has 0 bridgehead atoms. The minimum atomic E-state index is 0.493. The van der Waals surface area contributed by atoms with Crippen molar-refractivity contribution in [3.8, 4) is 40.2 Å². The van der Waals surface area contributed by atoms with Crippen LogP contribution in [-0.2, 0) is 0 Å². The molecule has 6 nitrogen and oxygen atoms in total. The molecule has 0 saturated heterocycles. The first-order chi connectivity index (χ1) is 26.1. The third-order valence-corrected chi connectivity index (χ3v) is 9.71. The highest BCUT2D eigenvalue weighted by atomic mass is 15.0. The van der Waals surface area contributed by atoms with Gasteiger partial charge in [-0.1, -0.05) is 122 Å². The van der Waals surface area contributed by atoms with Gasteiger partial charge in [-0.2, -0.15) is 5.26 Å². The van der Waals surface area contributed by atoms with Gasteiger partial charge in [0.15, 0.2) is 17.5 Å². The highest BCUT2D eigenvalue weighted by molar-refractivity contribution is 6.26. The van der Waals surface area contributed by atoms with Crippen LogP contribution in [0.4, 0.5) is 0 Å². The topological polar surface area (TPSA) is 72.3 Å². The molecular formula is C47H32N6. The average molecular weight is 681 g/mol. The number of hydrogen-bond donors (Lipinski definition) is 0. The Morgan fingerprint density at radius 1 is 0.623 bits per heavy atom. The first-order valence-electron chi connectivity index (χ1n) is 17.5. The van der Waals surface area contributed by atoms with Crippen LogP contribution in [0.3, 0.4) is 0 Å². The van der Waals surface area contributed by atoms with Crippen LogP contribution in [0.5, 0.6) is 0 Å². The van der Waals surface area contributed by atoms with Gasteiger partial charge in [0.2, 0.25) is 0 Å². The Hall–Kier alpha value is -7.36. The monoisotopic (exact) mass is 680 g/mol. The van der Waals surface area contributed by atoms with Gasteiger partial charge in [-0.25, -0.2) is 15.0 Å². The van der Waals surface area contributed by atoms with Gasteiger partial charge in [-0.05, 0) is 61.0 Å². The molecule has 9 aromatic rings. The molecule has 53 heavy (non-hydrogen) atoms. The normalized spacial score (nSPS) is 12.0. The molecule has 0 N–H and O–H groups in total. The van der Waals surface area contributed by atoms with Gasteiger partial charge in [-0.3, -0.25) is 0 Å². The van der Waals surface area contributed by atoms with E-state index in [1.54, 1.807) is 6.08 Å². The third kappa shape index (κ3) is 5.31. The second-order valence-corrected chi connectivity index (χ2v) is 12.9. The van der Waals surface area contributed by atoms with Crippen molar-refractivity contribution in [1.29, 1.82) is 5.26 Å². The molecule has 250 valence electrons. The number of nitriles is 1. The molecule has 0 atom stereocenters. The lowest BCUT2D eigenvalue weighted by Gasteiger charge is -2.13. The van der Waals surface area contributed by atoms with E-state index in [1.165, 1.54) is 0 Å². The Morgan fingerprint density at radius 3 is 2.02 bits per heavy atom. The van der Waals surface area contributed by atoms with E-state index < -0.39 is 0 Å². The van der Waals surface area contributed by atoms with Crippen LogP contribution in [0.25, 0.3) is 83.3 Å². The number of allylic oxidation sites excluding steroid dienone is 5. The van der Waals surface area contributed by atoms with Crippen molar-refractivity contribution in [1.82, 2.24) is 24.1 Å². The van der Waals surface area contributed by atoms with Gasteiger partial charge in [0.05, 0.1) is 33.3 Å². The van der Waals surface area contributed by atoms with Crippen LogP contribution in [0.15, 0.2) is 170 Å². The molecule has 0 fully saturated rings. The van der Waals surface area contributed by atoms with E-state index in [4.69, 9.17) is 15.0 Å². The van der Waals surface area contributed by atoms with Gasteiger partial charge < -0.3 is 9.13 Å². The number of fused-ring (bicyclic) bond motifs is 7. The quantitative estimate of drug-likeness (QED) is 0.157. The fourth-order valence-corrected chi connectivity index (χ4v) is 7.32. The Kier molecular flexibility index (Phi) is 7.80. The number of nitrogens with zero attached hydrogens (tertiary/aromatic N) is 6. The second-order valence-electron chi connectivity index (χ2n) is 12.9. The average Bonchev–Trinajstić information content (AvgIpc) is 3.74. The highest BCUT2D eigenvalue weighted by Gasteiger charge is 2.22. The SMILES string of the molecule is C=C/C=C\C=C(/C)c1nc(-c2ccccc2)nc(-c2ccc(-n3c4ccccc4c4ccc5c(c6ccccc6n5-c5ccccc5)c43)c(C#N)c2)n1. The molecule has 0 aliphatic heterocycles. The summed E-state index contributed by atoms with van der Waals surface area (Å²) < 4.78 is 4.58. The molecule has 0 saturated carbocycles. The Balaban J connectivity index is 1.30. The van der Waals surface area contributed by atoms with E-state index in [0.29, 0.717) is 23.0 Å². The summed E-state index contributed by atoms with van der Waals surface area (Å²) in [4.78, 5) is 14.7. The molecule has 3 heterocycles. The first kappa shape index (κ1) is 31.6. The summed E-state index contributed by atoms with van der Waals surface area (Å²) in [5.41, 5.74) is 9.19. The molecule has 3 aromatic heterocycles.